The first kappa shape index (κ1) is 12.2. The summed E-state index contributed by atoms with van der Waals surface area (Å²) in [6.45, 7) is 1.62. The number of nitrogens with one attached hydrogen (secondary N) is 1. The van der Waals surface area contributed by atoms with Crippen molar-refractivity contribution in [1.29, 1.82) is 0 Å². The van der Waals surface area contributed by atoms with Gasteiger partial charge in [0.05, 0.1) is 0 Å². The van der Waals surface area contributed by atoms with Crippen LogP contribution in [-0.4, -0.2) is 23.9 Å². The summed E-state index contributed by atoms with van der Waals surface area (Å²) >= 11 is 11.8. The maximum Gasteiger partial charge on any atom is 0.325 e. The molecule has 1 aromatic carbocycles. The Bertz CT molecular complexity index is 518. The average molecular weight is 273 g/mol. The number of carbonyl (C=O) groups is 2. The number of carbonyl (C=O) groups excluding carboxylic acids is 2. The van der Waals surface area contributed by atoms with Crippen molar-refractivity contribution in [3.8, 4) is 0 Å². The summed E-state index contributed by atoms with van der Waals surface area (Å²) in [7, 11) is 1.42. The molecule has 1 aliphatic rings. The van der Waals surface area contributed by atoms with Crippen LogP contribution in [0.4, 0.5) is 4.79 Å². The van der Waals surface area contributed by atoms with Gasteiger partial charge in [-0.1, -0.05) is 29.3 Å². The first-order chi connectivity index (χ1) is 7.86. The summed E-state index contributed by atoms with van der Waals surface area (Å²) in [5.74, 6) is -0.341. The van der Waals surface area contributed by atoms with Crippen LogP contribution < -0.4 is 5.32 Å². The van der Waals surface area contributed by atoms with Gasteiger partial charge in [0.15, 0.2) is 0 Å². The molecular weight excluding hydrogens is 263 g/mol. The van der Waals surface area contributed by atoms with E-state index in [0.29, 0.717) is 15.6 Å². The largest absolute Gasteiger partial charge is 0.325 e. The Kier molecular flexibility index (Phi) is 2.79. The summed E-state index contributed by atoms with van der Waals surface area (Å²) in [5.41, 5.74) is -0.598. The predicted octanol–water partition coefficient (Wildman–Crippen LogP) is 2.39. The Morgan fingerprint density at radius 1 is 1.29 bits per heavy atom. The topological polar surface area (TPSA) is 49.4 Å². The Balaban J connectivity index is 2.53. The van der Waals surface area contributed by atoms with Crippen molar-refractivity contribution in [2.24, 2.45) is 0 Å². The van der Waals surface area contributed by atoms with Crippen molar-refractivity contribution in [3.05, 3.63) is 33.8 Å². The van der Waals surface area contributed by atoms with Crippen molar-refractivity contribution >= 4 is 35.1 Å². The van der Waals surface area contributed by atoms with E-state index in [0.717, 1.165) is 4.90 Å². The number of halogens is 2. The van der Waals surface area contributed by atoms with Crippen LogP contribution in [0, 0.1) is 0 Å². The van der Waals surface area contributed by atoms with Gasteiger partial charge in [-0.15, -0.1) is 0 Å². The molecule has 1 unspecified atom stereocenters. The van der Waals surface area contributed by atoms with E-state index in [1.54, 1.807) is 25.1 Å². The lowest BCUT2D eigenvalue weighted by Crippen LogP contribution is -2.40. The number of imide groups is 1. The highest BCUT2D eigenvalue weighted by atomic mass is 35.5. The third-order valence-corrected chi connectivity index (χ3v) is 3.41. The molecule has 90 valence electrons. The molecular formula is C11H10Cl2N2O2. The lowest BCUT2D eigenvalue weighted by atomic mass is 9.92. The van der Waals surface area contributed by atoms with Gasteiger partial charge in [0.1, 0.15) is 5.54 Å². The van der Waals surface area contributed by atoms with Gasteiger partial charge in [-0.2, -0.15) is 0 Å². The van der Waals surface area contributed by atoms with Crippen LogP contribution >= 0.6 is 23.2 Å². The minimum Gasteiger partial charge on any atom is -0.319 e. The highest BCUT2D eigenvalue weighted by Crippen LogP contribution is 2.34. The number of likely N-dealkylation sites (N-methyl/N-ethyl adjacent to an activating group) is 1. The Morgan fingerprint density at radius 3 is 2.41 bits per heavy atom. The number of nitrogens with zero attached hydrogens (tertiary/aromatic N) is 1. The molecule has 1 N–H and O–H groups in total. The molecule has 4 nitrogen and oxygen atoms in total. The van der Waals surface area contributed by atoms with E-state index in [1.165, 1.54) is 7.05 Å². The molecule has 17 heavy (non-hydrogen) atoms. The number of urea groups is 1. The van der Waals surface area contributed by atoms with E-state index in [1.807, 2.05) is 0 Å². The monoisotopic (exact) mass is 272 g/mol. The molecule has 1 aliphatic heterocycles. The smallest absolute Gasteiger partial charge is 0.319 e. The molecule has 0 bridgehead atoms. The van der Waals surface area contributed by atoms with Crippen molar-refractivity contribution in [2.45, 2.75) is 12.5 Å². The van der Waals surface area contributed by atoms with Crippen LogP contribution in [0.2, 0.25) is 10.0 Å². The van der Waals surface area contributed by atoms with Crippen molar-refractivity contribution in [2.75, 3.05) is 7.05 Å². The number of amides is 3. The van der Waals surface area contributed by atoms with E-state index >= 15 is 0 Å². The van der Waals surface area contributed by atoms with Gasteiger partial charge < -0.3 is 5.32 Å². The minimum atomic E-state index is -1.13. The highest BCUT2D eigenvalue weighted by molar-refractivity contribution is 6.35. The van der Waals surface area contributed by atoms with Crippen LogP contribution in [0.1, 0.15) is 12.5 Å². The predicted molar refractivity (Wildman–Crippen MR) is 65.1 cm³/mol. The molecule has 0 spiro atoms. The minimum absolute atomic E-state index is 0.341. The Labute approximate surface area is 108 Å². The van der Waals surface area contributed by atoms with E-state index in [9.17, 15) is 9.59 Å². The zero-order chi connectivity index (χ0) is 12.8. The third-order valence-electron chi connectivity index (χ3n) is 2.86. The lowest BCUT2D eigenvalue weighted by Gasteiger charge is -2.22. The van der Waals surface area contributed by atoms with Gasteiger partial charge in [0.25, 0.3) is 5.91 Å². The number of benzene rings is 1. The normalized spacial score (nSPS) is 24.1. The maximum atomic E-state index is 12.0. The molecule has 0 saturated carbocycles. The van der Waals surface area contributed by atoms with E-state index < -0.39 is 11.6 Å². The van der Waals surface area contributed by atoms with Crippen LogP contribution in [0.15, 0.2) is 18.2 Å². The summed E-state index contributed by atoms with van der Waals surface area (Å²) in [5, 5.41) is 3.45. The Morgan fingerprint density at radius 2 is 1.94 bits per heavy atom. The standard InChI is InChI=1S/C11H10Cl2N2O2/c1-11(9(16)15(2)10(17)14-11)7-4-3-6(12)5-8(7)13/h3-5H,1-2H3,(H,14,17). The number of rotatable bonds is 1. The zero-order valence-electron chi connectivity index (χ0n) is 9.25. The molecule has 2 rings (SSSR count). The van der Waals surface area contributed by atoms with Crippen LogP contribution in [0.3, 0.4) is 0 Å². The Hall–Kier alpha value is -1.26. The molecule has 0 aromatic heterocycles. The molecule has 1 fully saturated rings. The van der Waals surface area contributed by atoms with Gasteiger partial charge in [-0.3, -0.25) is 9.69 Å². The molecule has 0 aliphatic carbocycles. The van der Waals surface area contributed by atoms with Crippen LogP contribution in [0.25, 0.3) is 0 Å². The zero-order valence-corrected chi connectivity index (χ0v) is 10.8. The molecule has 1 atom stereocenters. The van der Waals surface area contributed by atoms with Gasteiger partial charge >= 0.3 is 6.03 Å². The van der Waals surface area contributed by atoms with Crippen molar-refractivity contribution in [1.82, 2.24) is 10.2 Å². The van der Waals surface area contributed by atoms with E-state index in [2.05, 4.69) is 5.32 Å². The summed E-state index contributed by atoms with van der Waals surface area (Å²) in [6.07, 6.45) is 0. The molecule has 1 heterocycles. The quantitative estimate of drug-likeness (QED) is 0.799. The fourth-order valence-electron chi connectivity index (χ4n) is 1.86. The second-order valence-corrected chi connectivity index (χ2v) is 4.89. The average Bonchev–Trinajstić information content (AvgIpc) is 2.43. The second-order valence-electron chi connectivity index (χ2n) is 4.04. The maximum absolute atomic E-state index is 12.0. The van der Waals surface area contributed by atoms with Gasteiger partial charge in [0, 0.05) is 22.7 Å². The molecule has 1 saturated heterocycles. The summed E-state index contributed by atoms with van der Waals surface area (Å²) in [4.78, 5) is 24.5. The molecule has 3 amide bonds. The van der Waals surface area contributed by atoms with Crippen LogP contribution in [0.5, 0.6) is 0 Å². The summed E-state index contributed by atoms with van der Waals surface area (Å²) in [6, 6.07) is 4.37. The fraction of sp³-hybridized carbons (Fsp3) is 0.273. The summed E-state index contributed by atoms with van der Waals surface area (Å²) < 4.78 is 0. The van der Waals surface area contributed by atoms with Gasteiger partial charge in [0.2, 0.25) is 0 Å². The van der Waals surface area contributed by atoms with Crippen molar-refractivity contribution < 1.29 is 9.59 Å². The lowest BCUT2D eigenvalue weighted by molar-refractivity contribution is -0.130. The highest BCUT2D eigenvalue weighted by Gasteiger charge is 2.48. The van der Waals surface area contributed by atoms with E-state index in [4.69, 9.17) is 23.2 Å². The second kappa shape index (κ2) is 3.89. The molecule has 6 heteroatoms. The SMILES string of the molecule is CN1C(=O)NC(C)(c2ccc(Cl)cc2Cl)C1=O. The molecule has 1 aromatic rings. The number of hydrogen-bond acceptors (Lipinski definition) is 2. The van der Waals surface area contributed by atoms with Gasteiger partial charge in [-0.05, 0) is 19.1 Å². The first-order valence-electron chi connectivity index (χ1n) is 4.92. The molecule has 0 radical (unpaired) electrons. The van der Waals surface area contributed by atoms with E-state index in [-0.39, 0.29) is 5.91 Å². The van der Waals surface area contributed by atoms with Gasteiger partial charge in [-0.25, -0.2) is 4.79 Å². The van der Waals surface area contributed by atoms with Crippen molar-refractivity contribution in [3.63, 3.8) is 0 Å². The van der Waals surface area contributed by atoms with Crippen LogP contribution in [-0.2, 0) is 10.3 Å². The first-order valence-corrected chi connectivity index (χ1v) is 5.67. The third kappa shape index (κ3) is 1.77. The number of hydrogen-bond donors (Lipinski definition) is 1. The fourth-order valence-corrected chi connectivity index (χ4v) is 2.45.